The number of hydrogen-bond acceptors (Lipinski definition) is 3. The number of benzene rings is 1. The number of imide groups is 1. The molecule has 3 rings (SSSR count). The Bertz CT molecular complexity index is 678. The third-order valence-corrected chi connectivity index (χ3v) is 5.33. The number of urea groups is 1. The molecule has 0 bridgehead atoms. The summed E-state index contributed by atoms with van der Waals surface area (Å²) in [6, 6.07) is 7.82. The highest BCUT2D eigenvalue weighted by atomic mass is 35.5. The summed E-state index contributed by atoms with van der Waals surface area (Å²) in [5.41, 5.74) is 1.14. The number of nitrogens with zero attached hydrogens (tertiary/aromatic N) is 3. The third kappa shape index (κ3) is 3.72. The second-order valence-corrected chi connectivity index (χ2v) is 7.28. The summed E-state index contributed by atoms with van der Waals surface area (Å²) >= 11 is 6.18. The first kappa shape index (κ1) is 18.0. The topological polar surface area (TPSA) is 43.9 Å². The van der Waals surface area contributed by atoms with Gasteiger partial charge in [-0.25, -0.2) is 4.79 Å². The molecule has 0 radical (unpaired) electrons. The Morgan fingerprint density at radius 3 is 2.88 bits per heavy atom. The number of halogens is 1. The number of carbonyl (C=O) groups excluding carboxylic acids is 2. The van der Waals surface area contributed by atoms with Crippen LogP contribution in [0.3, 0.4) is 0 Å². The van der Waals surface area contributed by atoms with Crippen LogP contribution < -0.4 is 0 Å². The Morgan fingerprint density at radius 2 is 2.16 bits per heavy atom. The molecule has 134 valence electrons. The lowest BCUT2D eigenvalue weighted by molar-refractivity contribution is -0.126. The lowest BCUT2D eigenvalue weighted by atomic mass is 9.84. The van der Waals surface area contributed by atoms with E-state index in [9.17, 15) is 9.59 Å². The number of carbonyl (C=O) groups is 2. The molecular weight excluding hydrogens is 338 g/mol. The number of hydrogen-bond donors (Lipinski definition) is 0. The molecule has 2 aliphatic rings. The van der Waals surface area contributed by atoms with Gasteiger partial charge < -0.3 is 4.90 Å². The molecule has 0 N–H and O–H groups in total. The van der Waals surface area contributed by atoms with Gasteiger partial charge >= 0.3 is 6.03 Å². The zero-order chi connectivity index (χ0) is 18.0. The fourth-order valence-electron chi connectivity index (χ4n) is 3.97. The Morgan fingerprint density at radius 1 is 1.36 bits per heavy atom. The molecule has 2 aliphatic heterocycles. The lowest BCUT2D eigenvalue weighted by Gasteiger charge is -2.40. The predicted molar refractivity (Wildman–Crippen MR) is 98.4 cm³/mol. The Kier molecular flexibility index (Phi) is 5.45. The van der Waals surface area contributed by atoms with Crippen molar-refractivity contribution in [1.82, 2.24) is 14.7 Å². The Balaban J connectivity index is 1.80. The van der Waals surface area contributed by atoms with Crippen molar-refractivity contribution in [1.29, 1.82) is 0 Å². The number of rotatable bonds is 5. The fraction of sp³-hybridized carbons (Fsp3) is 0.474. The summed E-state index contributed by atoms with van der Waals surface area (Å²) in [4.78, 5) is 30.1. The van der Waals surface area contributed by atoms with Crippen LogP contribution in [0.5, 0.6) is 0 Å². The van der Waals surface area contributed by atoms with Crippen LogP contribution in [0.1, 0.15) is 24.4 Å². The molecule has 2 heterocycles. The normalized spacial score (nSPS) is 24.9. The molecule has 6 heteroatoms. The first-order valence-corrected chi connectivity index (χ1v) is 9.05. The maximum Gasteiger partial charge on any atom is 0.327 e. The molecule has 0 spiro atoms. The first-order valence-electron chi connectivity index (χ1n) is 8.67. The molecule has 1 aromatic carbocycles. The third-order valence-electron chi connectivity index (χ3n) is 5.09. The Hall–Kier alpha value is -1.85. The SMILES string of the molecule is C=CCN1CC(=O)N(C[C@@H]2CCCN(C)[C@@H]2c2cccc(Cl)c2)C1=O. The van der Waals surface area contributed by atoms with Crippen LogP contribution in [0, 0.1) is 5.92 Å². The molecule has 3 amide bonds. The van der Waals surface area contributed by atoms with E-state index in [0.29, 0.717) is 18.1 Å². The van der Waals surface area contributed by atoms with Crippen LogP contribution in [0.4, 0.5) is 4.79 Å². The quantitative estimate of drug-likeness (QED) is 0.597. The van der Waals surface area contributed by atoms with Gasteiger partial charge in [-0.15, -0.1) is 6.58 Å². The van der Waals surface area contributed by atoms with Gasteiger partial charge in [0, 0.05) is 24.2 Å². The summed E-state index contributed by atoms with van der Waals surface area (Å²) in [5, 5.41) is 0.709. The second kappa shape index (κ2) is 7.58. The van der Waals surface area contributed by atoms with Gasteiger partial charge in [-0.05, 0) is 50.0 Å². The van der Waals surface area contributed by atoms with E-state index in [4.69, 9.17) is 11.6 Å². The minimum Gasteiger partial charge on any atom is -0.311 e. The standard InChI is InChI=1S/C19H24ClN3O2/c1-3-9-22-13-17(24)23(19(22)25)12-15-7-5-10-21(2)18(15)14-6-4-8-16(20)11-14/h3-4,6,8,11,15,18H,1,5,7,9-10,12-13H2,2H3/t15-,18+/m0/s1. The molecule has 1 aromatic rings. The zero-order valence-electron chi connectivity index (χ0n) is 14.5. The zero-order valence-corrected chi connectivity index (χ0v) is 15.3. The second-order valence-electron chi connectivity index (χ2n) is 6.84. The van der Waals surface area contributed by atoms with Crippen molar-refractivity contribution in [2.75, 3.05) is 33.2 Å². The lowest BCUT2D eigenvalue weighted by Crippen LogP contribution is -2.44. The van der Waals surface area contributed by atoms with E-state index in [1.807, 2.05) is 18.2 Å². The van der Waals surface area contributed by atoms with Crippen molar-refractivity contribution in [3.8, 4) is 0 Å². The van der Waals surface area contributed by atoms with Crippen LogP contribution in [-0.2, 0) is 4.79 Å². The van der Waals surface area contributed by atoms with E-state index in [1.54, 1.807) is 6.08 Å². The average molecular weight is 362 g/mol. The molecule has 0 aliphatic carbocycles. The molecule has 5 nitrogen and oxygen atoms in total. The first-order chi connectivity index (χ1) is 12.0. The molecule has 2 atom stereocenters. The minimum atomic E-state index is -0.206. The summed E-state index contributed by atoms with van der Waals surface area (Å²) in [5.74, 6) is 0.0821. The van der Waals surface area contributed by atoms with Crippen molar-refractivity contribution < 1.29 is 9.59 Å². The van der Waals surface area contributed by atoms with Crippen molar-refractivity contribution in [3.05, 3.63) is 47.5 Å². The minimum absolute atomic E-state index is 0.120. The van der Waals surface area contributed by atoms with E-state index in [1.165, 1.54) is 9.80 Å². The summed E-state index contributed by atoms with van der Waals surface area (Å²) in [6.07, 6.45) is 3.70. The van der Waals surface area contributed by atoms with E-state index in [-0.39, 0.29) is 30.4 Å². The van der Waals surface area contributed by atoms with E-state index in [2.05, 4.69) is 24.6 Å². The van der Waals surface area contributed by atoms with Crippen molar-refractivity contribution in [2.45, 2.75) is 18.9 Å². The van der Waals surface area contributed by atoms with E-state index in [0.717, 1.165) is 24.9 Å². The molecule has 0 saturated carbocycles. The van der Waals surface area contributed by atoms with Crippen molar-refractivity contribution in [2.24, 2.45) is 5.92 Å². The maximum absolute atomic E-state index is 12.5. The predicted octanol–water partition coefficient (Wildman–Crippen LogP) is 3.17. The largest absolute Gasteiger partial charge is 0.327 e. The highest BCUT2D eigenvalue weighted by Crippen LogP contribution is 2.37. The average Bonchev–Trinajstić information content (AvgIpc) is 2.83. The highest BCUT2D eigenvalue weighted by Gasteiger charge is 2.40. The van der Waals surface area contributed by atoms with E-state index < -0.39 is 0 Å². The van der Waals surface area contributed by atoms with Gasteiger partial charge in [-0.3, -0.25) is 14.6 Å². The van der Waals surface area contributed by atoms with Gasteiger partial charge in [0.15, 0.2) is 0 Å². The highest BCUT2D eigenvalue weighted by molar-refractivity contribution is 6.30. The van der Waals surface area contributed by atoms with Crippen molar-refractivity contribution >= 4 is 23.5 Å². The molecular formula is C19H24ClN3O2. The molecule has 2 saturated heterocycles. The van der Waals surface area contributed by atoms with Gasteiger partial charge in [-0.2, -0.15) is 0 Å². The van der Waals surface area contributed by atoms with Crippen LogP contribution in [-0.4, -0.2) is 59.9 Å². The van der Waals surface area contributed by atoms with Crippen LogP contribution >= 0.6 is 11.6 Å². The van der Waals surface area contributed by atoms with E-state index >= 15 is 0 Å². The number of amides is 3. The van der Waals surface area contributed by atoms with Crippen LogP contribution in [0.15, 0.2) is 36.9 Å². The monoisotopic (exact) mass is 361 g/mol. The number of piperidine rings is 1. The number of likely N-dealkylation sites (tertiary alicyclic amines) is 1. The fourth-order valence-corrected chi connectivity index (χ4v) is 4.17. The maximum atomic E-state index is 12.5. The van der Waals surface area contributed by atoms with Gasteiger partial charge in [-0.1, -0.05) is 29.8 Å². The summed E-state index contributed by atoms with van der Waals surface area (Å²) in [6.45, 7) is 5.65. The van der Waals surface area contributed by atoms with Crippen molar-refractivity contribution in [3.63, 3.8) is 0 Å². The van der Waals surface area contributed by atoms with Gasteiger partial charge in [0.25, 0.3) is 0 Å². The molecule has 0 aromatic heterocycles. The Labute approximate surface area is 153 Å². The summed E-state index contributed by atoms with van der Waals surface area (Å²) < 4.78 is 0. The molecule has 0 unspecified atom stereocenters. The summed E-state index contributed by atoms with van der Waals surface area (Å²) in [7, 11) is 2.09. The smallest absolute Gasteiger partial charge is 0.311 e. The van der Waals surface area contributed by atoms with Crippen LogP contribution in [0.2, 0.25) is 5.02 Å². The van der Waals surface area contributed by atoms with Gasteiger partial charge in [0.1, 0.15) is 6.54 Å². The van der Waals surface area contributed by atoms with Gasteiger partial charge in [0.2, 0.25) is 5.91 Å². The molecule has 25 heavy (non-hydrogen) atoms. The molecule has 2 fully saturated rings. The van der Waals surface area contributed by atoms with Gasteiger partial charge in [0.05, 0.1) is 0 Å². The van der Waals surface area contributed by atoms with Crippen LogP contribution in [0.25, 0.3) is 0 Å².